The van der Waals surface area contributed by atoms with Crippen molar-refractivity contribution < 1.29 is 14.3 Å². The van der Waals surface area contributed by atoms with Gasteiger partial charge in [-0.3, -0.25) is 4.79 Å². The molecule has 142 valence electrons. The highest BCUT2D eigenvalue weighted by Crippen LogP contribution is 2.44. The molecule has 2 saturated carbocycles. The lowest BCUT2D eigenvalue weighted by Gasteiger charge is -2.43. The SMILES string of the molecule is CO[C@@]12CC[C@H](OCC3CC3)C[C@@H]1N(C(=O)c1cc(C)ccc1Cl)CC2. The molecule has 3 aliphatic rings. The number of ether oxygens (including phenoxy) is 2. The molecule has 0 N–H and O–H groups in total. The number of amides is 1. The Hall–Kier alpha value is -1.10. The van der Waals surface area contributed by atoms with Crippen LogP contribution in [0.4, 0.5) is 0 Å². The Morgan fingerprint density at radius 1 is 1.31 bits per heavy atom. The molecule has 2 aliphatic carbocycles. The summed E-state index contributed by atoms with van der Waals surface area (Å²) in [5, 5.41) is 0.521. The van der Waals surface area contributed by atoms with Gasteiger partial charge in [0, 0.05) is 20.3 Å². The molecule has 4 nitrogen and oxygen atoms in total. The molecule has 3 fully saturated rings. The number of aryl methyl sites for hydroxylation is 1. The van der Waals surface area contributed by atoms with Gasteiger partial charge in [0.05, 0.1) is 28.3 Å². The van der Waals surface area contributed by atoms with E-state index in [1.807, 2.05) is 30.0 Å². The van der Waals surface area contributed by atoms with Crippen LogP contribution in [0.15, 0.2) is 18.2 Å². The van der Waals surface area contributed by atoms with E-state index in [1.165, 1.54) is 12.8 Å². The van der Waals surface area contributed by atoms with Gasteiger partial charge >= 0.3 is 0 Å². The molecule has 3 atom stereocenters. The van der Waals surface area contributed by atoms with Crippen LogP contribution >= 0.6 is 11.6 Å². The molecule has 0 aromatic heterocycles. The van der Waals surface area contributed by atoms with E-state index in [9.17, 15) is 4.79 Å². The molecule has 0 radical (unpaired) electrons. The quantitative estimate of drug-likeness (QED) is 0.770. The average molecular weight is 378 g/mol. The van der Waals surface area contributed by atoms with Gasteiger partial charge in [0.2, 0.25) is 0 Å². The number of carbonyl (C=O) groups is 1. The van der Waals surface area contributed by atoms with Gasteiger partial charge in [-0.2, -0.15) is 0 Å². The van der Waals surface area contributed by atoms with Crippen LogP contribution in [0.5, 0.6) is 0 Å². The van der Waals surface area contributed by atoms with Gasteiger partial charge in [0.1, 0.15) is 0 Å². The van der Waals surface area contributed by atoms with Crippen LogP contribution in [-0.4, -0.2) is 48.8 Å². The van der Waals surface area contributed by atoms with E-state index >= 15 is 0 Å². The van der Waals surface area contributed by atoms with Crippen LogP contribution < -0.4 is 0 Å². The molecule has 1 aromatic rings. The molecule has 26 heavy (non-hydrogen) atoms. The van der Waals surface area contributed by atoms with E-state index in [2.05, 4.69) is 0 Å². The summed E-state index contributed by atoms with van der Waals surface area (Å²) in [5.41, 5.74) is 1.41. The van der Waals surface area contributed by atoms with Crippen molar-refractivity contribution in [1.82, 2.24) is 4.90 Å². The highest BCUT2D eigenvalue weighted by Gasteiger charge is 2.53. The van der Waals surface area contributed by atoms with Gasteiger partial charge in [-0.05, 0) is 63.5 Å². The molecule has 0 bridgehead atoms. The Labute approximate surface area is 160 Å². The first-order valence-corrected chi connectivity index (χ1v) is 10.1. The highest BCUT2D eigenvalue weighted by molar-refractivity contribution is 6.33. The topological polar surface area (TPSA) is 38.8 Å². The summed E-state index contributed by atoms with van der Waals surface area (Å²) in [5.74, 6) is 0.780. The van der Waals surface area contributed by atoms with E-state index in [0.717, 1.165) is 50.3 Å². The first-order chi connectivity index (χ1) is 12.5. The predicted octanol–water partition coefficient (Wildman–Crippen LogP) is 4.23. The molecule has 1 aliphatic heterocycles. The van der Waals surface area contributed by atoms with Gasteiger partial charge in [-0.15, -0.1) is 0 Å². The number of carbonyl (C=O) groups excluding carboxylic acids is 1. The zero-order valence-corrected chi connectivity index (χ0v) is 16.4. The summed E-state index contributed by atoms with van der Waals surface area (Å²) in [4.78, 5) is 15.2. The molecular weight excluding hydrogens is 350 g/mol. The van der Waals surface area contributed by atoms with E-state index in [0.29, 0.717) is 10.6 Å². The summed E-state index contributed by atoms with van der Waals surface area (Å²) in [6.07, 6.45) is 6.54. The Kier molecular flexibility index (Phi) is 5.02. The lowest BCUT2D eigenvalue weighted by molar-refractivity contribution is -0.0977. The lowest BCUT2D eigenvalue weighted by atomic mass is 9.79. The number of rotatable bonds is 5. The minimum absolute atomic E-state index is 0.0190. The summed E-state index contributed by atoms with van der Waals surface area (Å²) in [7, 11) is 1.78. The maximum Gasteiger partial charge on any atom is 0.255 e. The second-order valence-electron chi connectivity index (χ2n) is 8.19. The number of halogens is 1. The number of hydrogen-bond acceptors (Lipinski definition) is 3. The smallest absolute Gasteiger partial charge is 0.255 e. The van der Waals surface area contributed by atoms with Crippen molar-refractivity contribution in [2.24, 2.45) is 5.92 Å². The summed E-state index contributed by atoms with van der Waals surface area (Å²) in [6, 6.07) is 5.70. The number of methoxy groups -OCH3 is 1. The summed E-state index contributed by atoms with van der Waals surface area (Å²) in [6.45, 7) is 3.57. The minimum atomic E-state index is -0.231. The zero-order valence-electron chi connectivity index (χ0n) is 15.7. The zero-order chi connectivity index (χ0) is 18.3. The molecule has 4 rings (SSSR count). The van der Waals surface area contributed by atoms with Crippen LogP contribution in [0.2, 0.25) is 5.02 Å². The van der Waals surface area contributed by atoms with Crippen molar-refractivity contribution in [3.05, 3.63) is 34.3 Å². The average Bonchev–Trinajstić information content (AvgIpc) is 3.40. The van der Waals surface area contributed by atoms with Crippen molar-refractivity contribution in [3.63, 3.8) is 0 Å². The maximum atomic E-state index is 13.3. The Balaban J connectivity index is 1.53. The van der Waals surface area contributed by atoms with Crippen LogP contribution in [0.1, 0.15) is 54.4 Å². The van der Waals surface area contributed by atoms with Gasteiger partial charge in [0.15, 0.2) is 0 Å². The third kappa shape index (κ3) is 3.39. The normalized spacial score (nSPS) is 31.1. The van der Waals surface area contributed by atoms with Crippen molar-refractivity contribution in [2.75, 3.05) is 20.3 Å². The van der Waals surface area contributed by atoms with Crippen molar-refractivity contribution in [2.45, 2.75) is 63.2 Å². The van der Waals surface area contributed by atoms with Gasteiger partial charge in [0.25, 0.3) is 5.91 Å². The Bertz CT molecular complexity index is 690. The molecular formula is C21H28ClNO3. The molecule has 1 saturated heterocycles. The maximum absolute atomic E-state index is 13.3. The van der Waals surface area contributed by atoms with Crippen LogP contribution in [-0.2, 0) is 9.47 Å². The number of benzene rings is 1. The van der Waals surface area contributed by atoms with Crippen molar-refractivity contribution in [1.29, 1.82) is 0 Å². The van der Waals surface area contributed by atoms with Crippen LogP contribution in [0.25, 0.3) is 0 Å². The van der Waals surface area contributed by atoms with E-state index in [-0.39, 0.29) is 23.7 Å². The summed E-state index contributed by atoms with van der Waals surface area (Å²) < 4.78 is 12.1. The van der Waals surface area contributed by atoms with Crippen molar-refractivity contribution >= 4 is 17.5 Å². The third-order valence-electron chi connectivity index (χ3n) is 6.42. The number of hydrogen-bond donors (Lipinski definition) is 0. The fourth-order valence-electron chi connectivity index (χ4n) is 4.57. The fraction of sp³-hybridized carbons (Fsp3) is 0.667. The van der Waals surface area contributed by atoms with Crippen LogP contribution in [0.3, 0.4) is 0 Å². The molecule has 1 aromatic carbocycles. The standard InChI is InChI=1S/C21H28ClNO3/c1-14-3-6-18(22)17(11-14)20(24)23-10-9-21(25-2)8-7-16(12-19(21)23)26-13-15-4-5-15/h3,6,11,15-16,19H,4-5,7-10,12-13H2,1-2H3/t16-,19-,21+/m0/s1. The van der Waals surface area contributed by atoms with E-state index < -0.39 is 0 Å². The number of nitrogens with zero attached hydrogens (tertiary/aromatic N) is 1. The Morgan fingerprint density at radius 3 is 2.85 bits per heavy atom. The number of fused-ring (bicyclic) bond motifs is 1. The monoisotopic (exact) mass is 377 g/mol. The molecule has 0 unspecified atom stereocenters. The highest BCUT2D eigenvalue weighted by atomic mass is 35.5. The lowest BCUT2D eigenvalue weighted by Crippen LogP contribution is -2.53. The van der Waals surface area contributed by atoms with Crippen molar-refractivity contribution in [3.8, 4) is 0 Å². The summed E-state index contributed by atoms with van der Waals surface area (Å²) >= 11 is 6.33. The van der Waals surface area contributed by atoms with E-state index in [4.69, 9.17) is 21.1 Å². The second-order valence-corrected chi connectivity index (χ2v) is 8.60. The number of likely N-dealkylation sites (tertiary alicyclic amines) is 1. The molecule has 5 heteroatoms. The van der Waals surface area contributed by atoms with Gasteiger partial charge in [-0.25, -0.2) is 0 Å². The van der Waals surface area contributed by atoms with Crippen LogP contribution in [0, 0.1) is 12.8 Å². The Morgan fingerprint density at radius 2 is 2.12 bits per heavy atom. The predicted molar refractivity (Wildman–Crippen MR) is 102 cm³/mol. The minimum Gasteiger partial charge on any atom is -0.378 e. The van der Waals surface area contributed by atoms with Gasteiger partial charge in [-0.1, -0.05) is 23.2 Å². The van der Waals surface area contributed by atoms with E-state index in [1.54, 1.807) is 7.11 Å². The largest absolute Gasteiger partial charge is 0.378 e. The first-order valence-electron chi connectivity index (χ1n) is 9.76. The molecule has 1 amide bonds. The molecule has 0 spiro atoms. The third-order valence-corrected chi connectivity index (χ3v) is 6.75. The first kappa shape index (κ1) is 18.3. The second kappa shape index (κ2) is 7.14. The molecule has 1 heterocycles. The fourth-order valence-corrected chi connectivity index (χ4v) is 4.77. The van der Waals surface area contributed by atoms with Gasteiger partial charge < -0.3 is 14.4 Å².